The molecule has 0 heterocycles. The number of amides is 1. The minimum Gasteiger partial charge on any atom is -0.399 e. The number of anilines is 1. The molecule has 1 aromatic carbocycles. The number of nitrogens with one attached hydrogen (secondary N) is 1. The normalized spacial score (nSPS) is 16.0. The van der Waals surface area contributed by atoms with E-state index in [1.165, 1.54) is 12.8 Å². The van der Waals surface area contributed by atoms with Crippen LogP contribution in [0.3, 0.4) is 0 Å². The largest absolute Gasteiger partial charge is 0.399 e. The quantitative estimate of drug-likeness (QED) is 0.782. The molecule has 0 saturated heterocycles. The standard InChI is InChI=1S/C14H20N2O/c15-13-8-4-1-5-11(13)9-10-14(17)16-12-6-2-3-7-12/h1,4-5,8,12H,2-3,6-7,9-10,15H2,(H,16,17). The molecule has 1 amide bonds. The molecule has 0 bridgehead atoms. The van der Waals surface area contributed by atoms with Gasteiger partial charge in [0.1, 0.15) is 0 Å². The van der Waals surface area contributed by atoms with E-state index >= 15 is 0 Å². The Morgan fingerprint density at radius 1 is 1.29 bits per heavy atom. The number of aryl methyl sites for hydroxylation is 1. The Bertz CT molecular complexity index is 384. The van der Waals surface area contributed by atoms with Gasteiger partial charge in [-0.15, -0.1) is 0 Å². The van der Waals surface area contributed by atoms with Gasteiger partial charge in [0.15, 0.2) is 0 Å². The van der Waals surface area contributed by atoms with Crippen LogP contribution in [0.5, 0.6) is 0 Å². The molecule has 3 N–H and O–H groups in total. The number of hydrogen-bond donors (Lipinski definition) is 2. The van der Waals surface area contributed by atoms with Gasteiger partial charge >= 0.3 is 0 Å². The van der Waals surface area contributed by atoms with Crippen molar-refractivity contribution in [1.82, 2.24) is 5.32 Å². The second-order valence-electron chi connectivity index (χ2n) is 4.75. The number of carbonyl (C=O) groups excluding carboxylic acids is 1. The molecule has 3 nitrogen and oxygen atoms in total. The molecule has 92 valence electrons. The Balaban J connectivity index is 1.77. The maximum Gasteiger partial charge on any atom is 0.220 e. The van der Waals surface area contributed by atoms with Gasteiger partial charge in [0.25, 0.3) is 0 Å². The average Bonchev–Trinajstić information content (AvgIpc) is 2.81. The molecule has 1 saturated carbocycles. The Kier molecular flexibility index (Phi) is 4.02. The molecule has 0 atom stereocenters. The lowest BCUT2D eigenvalue weighted by Gasteiger charge is -2.12. The molecule has 1 fully saturated rings. The number of para-hydroxylation sites is 1. The van der Waals surface area contributed by atoms with Crippen LogP contribution in [-0.2, 0) is 11.2 Å². The van der Waals surface area contributed by atoms with Crippen molar-refractivity contribution in [1.29, 1.82) is 0 Å². The maximum atomic E-state index is 11.7. The Labute approximate surface area is 102 Å². The summed E-state index contributed by atoms with van der Waals surface area (Å²) in [5.41, 5.74) is 7.68. The maximum absolute atomic E-state index is 11.7. The fourth-order valence-electron chi connectivity index (χ4n) is 2.38. The zero-order valence-electron chi connectivity index (χ0n) is 10.1. The Hall–Kier alpha value is -1.51. The zero-order valence-corrected chi connectivity index (χ0v) is 10.1. The monoisotopic (exact) mass is 232 g/mol. The molecular weight excluding hydrogens is 212 g/mol. The first-order valence-corrected chi connectivity index (χ1v) is 6.38. The number of hydrogen-bond acceptors (Lipinski definition) is 2. The first kappa shape index (κ1) is 12.0. The van der Waals surface area contributed by atoms with Gasteiger partial charge < -0.3 is 11.1 Å². The van der Waals surface area contributed by atoms with Crippen LogP contribution in [0.25, 0.3) is 0 Å². The molecule has 0 spiro atoms. The fraction of sp³-hybridized carbons (Fsp3) is 0.500. The van der Waals surface area contributed by atoms with Crippen molar-refractivity contribution < 1.29 is 4.79 Å². The van der Waals surface area contributed by atoms with E-state index in [9.17, 15) is 4.79 Å². The molecule has 0 radical (unpaired) electrons. The molecule has 1 aliphatic carbocycles. The molecule has 1 aliphatic rings. The van der Waals surface area contributed by atoms with E-state index in [2.05, 4.69) is 5.32 Å². The lowest BCUT2D eigenvalue weighted by Crippen LogP contribution is -2.32. The number of carbonyl (C=O) groups is 1. The number of nitrogens with two attached hydrogens (primary N) is 1. The van der Waals surface area contributed by atoms with Crippen LogP contribution in [0.15, 0.2) is 24.3 Å². The van der Waals surface area contributed by atoms with Gasteiger partial charge in [0, 0.05) is 18.2 Å². The summed E-state index contributed by atoms with van der Waals surface area (Å²) < 4.78 is 0. The third kappa shape index (κ3) is 3.48. The average molecular weight is 232 g/mol. The summed E-state index contributed by atoms with van der Waals surface area (Å²) in [4.78, 5) is 11.7. The first-order valence-electron chi connectivity index (χ1n) is 6.38. The van der Waals surface area contributed by atoms with Gasteiger partial charge in [-0.3, -0.25) is 4.79 Å². The van der Waals surface area contributed by atoms with E-state index in [1.54, 1.807) is 0 Å². The highest BCUT2D eigenvalue weighted by Gasteiger charge is 2.16. The van der Waals surface area contributed by atoms with Crippen LogP contribution in [0.4, 0.5) is 5.69 Å². The van der Waals surface area contributed by atoms with Crippen molar-refractivity contribution in [3.05, 3.63) is 29.8 Å². The summed E-state index contributed by atoms with van der Waals surface area (Å²) in [5, 5.41) is 3.09. The molecule has 0 aliphatic heterocycles. The van der Waals surface area contributed by atoms with Gasteiger partial charge in [0.05, 0.1) is 0 Å². The SMILES string of the molecule is Nc1ccccc1CCC(=O)NC1CCCC1. The van der Waals surface area contributed by atoms with Gasteiger partial charge in [0.2, 0.25) is 5.91 Å². The van der Waals surface area contributed by atoms with Crippen LogP contribution < -0.4 is 11.1 Å². The smallest absolute Gasteiger partial charge is 0.220 e. The summed E-state index contributed by atoms with van der Waals surface area (Å²) in [6, 6.07) is 8.15. The highest BCUT2D eigenvalue weighted by molar-refractivity contribution is 5.76. The number of nitrogen functional groups attached to an aromatic ring is 1. The van der Waals surface area contributed by atoms with Crippen molar-refractivity contribution in [2.24, 2.45) is 0 Å². The van der Waals surface area contributed by atoms with E-state index in [0.29, 0.717) is 12.5 Å². The fourth-order valence-corrected chi connectivity index (χ4v) is 2.38. The van der Waals surface area contributed by atoms with Crippen LogP contribution in [0.1, 0.15) is 37.7 Å². The molecule has 2 rings (SSSR count). The minimum atomic E-state index is 0.153. The Morgan fingerprint density at radius 3 is 2.71 bits per heavy atom. The van der Waals surface area contributed by atoms with E-state index < -0.39 is 0 Å². The number of rotatable bonds is 4. The lowest BCUT2D eigenvalue weighted by molar-refractivity contribution is -0.121. The molecule has 1 aromatic rings. The van der Waals surface area contributed by atoms with E-state index in [-0.39, 0.29) is 5.91 Å². The van der Waals surface area contributed by atoms with Crippen LogP contribution in [0, 0.1) is 0 Å². The van der Waals surface area contributed by atoms with Crippen molar-refractivity contribution in [3.63, 3.8) is 0 Å². The van der Waals surface area contributed by atoms with Crippen molar-refractivity contribution in [2.75, 3.05) is 5.73 Å². The summed E-state index contributed by atoms with van der Waals surface area (Å²) in [5.74, 6) is 0.153. The van der Waals surface area contributed by atoms with Gasteiger partial charge in [-0.2, -0.15) is 0 Å². The van der Waals surface area contributed by atoms with E-state index in [0.717, 1.165) is 30.5 Å². The van der Waals surface area contributed by atoms with Crippen LogP contribution >= 0.6 is 0 Å². The highest BCUT2D eigenvalue weighted by Crippen LogP contribution is 2.18. The lowest BCUT2D eigenvalue weighted by atomic mass is 10.1. The predicted octanol–water partition coefficient (Wildman–Crippen LogP) is 2.26. The Morgan fingerprint density at radius 2 is 2.00 bits per heavy atom. The second-order valence-corrected chi connectivity index (χ2v) is 4.75. The molecular formula is C14H20N2O. The van der Waals surface area contributed by atoms with Crippen molar-refractivity contribution in [3.8, 4) is 0 Å². The topological polar surface area (TPSA) is 55.1 Å². The van der Waals surface area contributed by atoms with Gasteiger partial charge in [-0.25, -0.2) is 0 Å². The highest BCUT2D eigenvalue weighted by atomic mass is 16.1. The second kappa shape index (κ2) is 5.71. The van der Waals surface area contributed by atoms with E-state index in [4.69, 9.17) is 5.73 Å². The van der Waals surface area contributed by atoms with Crippen LogP contribution in [0.2, 0.25) is 0 Å². The van der Waals surface area contributed by atoms with Crippen molar-refractivity contribution >= 4 is 11.6 Å². The van der Waals surface area contributed by atoms with E-state index in [1.807, 2.05) is 24.3 Å². The molecule has 3 heteroatoms. The number of benzene rings is 1. The van der Waals surface area contributed by atoms with Crippen molar-refractivity contribution in [2.45, 2.75) is 44.6 Å². The zero-order chi connectivity index (χ0) is 12.1. The van der Waals surface area contributed by atoms with Crippen LogP contribution in [-0.4, -0.2) is 11.9 Å². The summed E-state index contributed by atoms with van der Waals surface area (Å²) >= 11 is 0. The minimum absolute atomic E-state index is 0.153. The van der Waals surface area contributed by atoms with Gasteiger partial charge in [-0.05, 0) is 30.9 Å². The van der Waals surface area contributed by atoms with Gasteiger partial charge in [-0.1, -0.05) is 31.0 Å². The molecule has 0 aromatic heterocycles. The molecule has 0 unspecified atom stereocenters. The first-order chi connectivity index (χ1) is 8.25. The third-order valence-electron chi connectivity index (χ3n) is 3.40. The summed E-state index contributed by atoms with van der Waals surface area (Å²) in [6.07, 6.45) is 6.03. The molecule has 17 heavy (non-hydrogen) atoms. The third-order valence-corrected chi connectivity index (χ3v) is 3.40. The summed E-state index contributed by atoms with van der Waals surface area (Å²) in [7, 11) is 0. The summed E-state index contributed by atoms with van der Waals surface area (Å²) in [6.45, 7) is 0. The predicted molar refractivity (Wildman–Crippen MR) is 69.6 cm³/mol.